The van der Waals surface area contributed by atoms with Crippen LogP contribution >= 0.6 is 0 Å². The fourth-order valence-corrected chi connectivity index (χ4v) is 4.81. The zero-order chi connectivity index (χ0) is 28.6. The predicted molar refractivity (Wildman–Crippen MR) is 154 cm³/mol. The number of aryl methyl sites for hydroxylation is 1. The Hall–Kier alpha value is -3.85. The van der Waals surface area contributed by atoms with Gasteiger partial charge < -0.3 is 15.0 Å². The lowest BCUT2D eigenvalue weighted by Gasteiger charge is -2.31. The molecule has 0 heterocycles. The van der Waals surface area contributed by atoms with Crippen molar-refractivity contribution in [2.45, 2.75) is 40.3 Å². The number of hydrogen-bond donors (Lipinski definition) is 1. The highest BCUT2D eigenvalue weighted by Crippen LogP contribution is 2.26. The largest absolute Gasteiger partial charge is 0.457 e. The van der Waals surface area contributed by atoms with Gasteiger partial charge >= 0.3 is 0 Å². The van der Waals surface area contributed by atoms with Gasteiger partial charge in [-0.1, -0.05) is 61.9 Å². The van der Waals surface area contributed by atoms with Crippen molar-refractivity contribution in [3.63, 3.8) is 0 Å². The average molecular weight is 552 g/mol. The van der Waals surface area contributed by atoms with Gasteiger partial charge in [-0.15, -0.1) is 0 Å². The summed E-state index contributed by atoms with van der Waals surface area (Å²) in [7, 11) is -3.82. The topological polar surface area (TPSA) is 96.0 Å². The molecule has 1 N–H and O–H groups in total. The van der Waals surface area contributed by atoms with Gasteiger partial charge in [-0.05, 0) is 61.7 Å². The van der Waals surface area contributed by atoms with Crippen LogP contribution in [0.3, 0.4) is 0 Å². The van der Waals surface area contributed by atoms with E-state index in [0.29, 0.717) is 23.7 Å². The molecule has 0 spiro atoms. The molecule has 208 valence electrons. The first kappa shape index (κ1) is 29.7. The number of hydrogen-bond acceptors (Lipinski definition) is 5. The number of amides is 2. The fraction of sp³-hybridized carbons (Fsp3) is 0.333. The van der Waals surface area contributed by atoms with E-state index in [2.05, 4.69) is 5.32 Å². The first-order valence-electron chi connectivity index (χ1n) is 12.9. The summed E-state index contributed by atoms with van der Waals surface area (Å²) in [6.07, 6.45) is 1.05. The lowest BCUT2D eigenvalue weighted by molar-refractivity contribution is -0.139. The van der Waals surface area contributed by atoms with E-state index in [0.717, 1.165) is 21.7 Å². The van der Waals surface area contributed by atoms with Crippen LogP contribution in [0.15, 0.2) is 78.9 Å². The van der Waals surface area contributed by atoms with Crippen molar-refractivity contribution in [2.75, 3.05) is 23.7 Å². The Morgan fingerprint density at radius 3 is 2.13 bits per heavy atom. The van der Waals surface area contributed by atoms with Crippen molar-refractivity contribution in [2.24, 2.45) is 5.92 Å². The molecule has 8 nitrogen and oxygen atoms in total. The maximum atomic E-state index is 13.7. The summed E-state index contributed by atoms with van der Waals surface area (Å²) in [5.74, 6) is 0.645. The van der Waals surface area contributed by atoms with Gasteiger partial charge in [0.25, 0.3) is 0 Å². The zero-order valence-corrected chi connectivity index (χ0v) is 23.9. The molecule has 0 saturated heterocycles. The second-order valence-electron chi connectivity index (χ2n) is 10.0. The van der Waals surface area contributed by atoms with Crippen LogP contribution in [0.2, 0.25) is 0 Å². The smallest absolute Gasteiger partial charge is 0.244 e. The molecule has 2 amide bonds. The monoisotopic (exact) mass is 551 g/mol. The second-order valence-corrected chi connectivity index (χ2v) is 11.9. The predicted octanol–water partition coefficient (Wildman–Crippen LogP) is 4.74. The van der Waals surface area contributed by atoms with Crippen LogP contribution in [-0.2, 0) is 26.2 Å². The standard InChI is InChI=1S/C30H37N3O5S/c1-22(2)19-31-30(35)24(4)32(20-25-11-9-10-23(3)18-25)29(34)21-33(39(5,36)37)26-14-16-28(17-15-26)38-27-12-7-6-8-13-27/h6-18,22,24H,19-21H2,1-5H3,(H,31,35)/t24-/m1/s1. The van der Waals surface area contributed by atoms with Crippen LogP contribution in [0.4, 0.5) is 5.69 Å². The summed E-state index contributed by atoms with van der Waals surface area (Å²) in [4.78, 5) is 28.0. The molecule has 0 radical (unpaired) electrons. The third kappa shape index (κ3) is 8.85. The third-order valence-corrected chi connectivity index (χ3v) is 7.21. The fourth-order valence-electron chi connectivity index (χ4n) is 3.96. The van der Waals surface area contributed by atoms with Gasteiger partial charge in [-0.3, -0.25) is 13.9 Å². The molecular weight excluding hydrogens is 514 g/mol. The van der Waals surface area contributed by atoms with E-state index in [1.807, 2.05) is 75.4 Å². The van der Waals surface area contributed by atoms with E-state index >= 15 is 0 Å². The van der Waals surface area contributed by atoms with E-state index in [1.54, 1.807) is 31.2 Å². The number of anilines is 1. The molecule has 3 aromatic rings. The number of carbonyl (C=O) groups excluding carboxylic acids is 2. The maximum Gasteiger partial charge on any atom is 0.244 e. The molecule has 0 aliphatic heterocycles. The molecule has 0 aliphatic rings. The van der Waals surface area contributed by atoms with Crippen LogP contribution in [0.1, 0.15) is 31.9 Å². The Balaban J connectivity index is 1.85. The van der Waals surface area contributed by atoms with Crippen LogP contribution in [0.5, 0.6) is 11.5 Å². The molecule has 9 heteroatoms. The highest BCUT2D eigenvalue weighted by atomic mass is 32.2. The molecule has 0 fully saturated rings. The molecule has 3 rings (SSSR count). The SMILES string of the molecule is Cc1cccc(CN(C(=O)CN(c2ccc(Oc3ccccc3)cc2)S(C)(=O)=O)[C@H](C)C(=O)NCC(C)C)c1. The van der Waals surface area contributed by atoms with Gasteiger partial charge in [-0.2, -0.15) is 0 Å². The molecule has 0 unspecified atom stereocenters. The lowest BCUT2D eigenvalue weighted by atomic mass is 10.1. The maximum absolute atomic E-state index is 13.7. The van der Waals surface area contributed by atoms with Gasteiger partial charge in [0.15, 0.2) is 0 Å². The Morgan fingerprint density at radius 2 is 1.54 bits per heavy atom. The Labute approximate surface area is 231 Å². The number of ether oxygens (including phenoxy) is 1. The van der Waals surface area contributed by atoms with Crippen molar-refractivity contribution in [1.82, 2.24) is 10.2 Å². The minimum absolute atomic E-state index is 0.165. The van der Waals surface area contributed by atoms with Crippen molar-refractivity contribution >= 4 is 27.5 Å². The number of nitrogens with one attached hydrogen (secondary N) is 1. The minimum Gasteiger partial charge on any atom is -0.457 e. The van der Waals surface area contributed by atoms with Gasteiger partial charge in [0.05, 0.1) is 11.9 Å². The minimum atomic E-state index is -3.82. The molecule has 39 heavy (non-hydrogen) atoms. The summed E-state index contributed by atoms with van der Waals surface area (Å²) >= 11 is 0. The molecule has 0 aliphatic carbocycles. The van der Waals surface area contributed by atoms with E-state index in [-0.39, 0.29) is 18.4 Å². The van der Waals surface area contributed by atoms with Crippen LogP contribution in [-0.4, -0.2) is 50.5 Å². The number of rotatable bonds is 12. The Morgan fingerprint density at radius 1 is 0.897 bits per heavy atom. The van der Waals surface area contributed by atoms with E-state index < -0.39 is 28.5 Å². The number of carbonyl (C=O) groups is 2. The van der Waals surface area contributed by atoms with E-state index in [1.165, 1.54) is 4.90 Å². The first-order chi connectivity index (χ1) is 18.4. The van der Waals surface area contributed by atoms with Crippen molar-refractivity contribution in [3.8, 4) is 11.5 Å². The van der Waals surface area contributed by atoms with Crippen molar-refractivity contribution in [3.05, 3.63) is 90.0 Å². The zero-order valence-electron chi connectivity index (χ0n) is 23.1. The first-order valence-corrected chi connectivity index (χ1v) is 14.7. The number of para-hydroxylation sites is 1. The normalized spacial score (nSPS) is 12.1. The van der Waals surface area contributed by atoms with Gasteiger partial charge in [0.1, 0.15) is 24.1 Å². The second kappa shape index (κ2) is 13.3. The summed E-state index contributed by atoms with van der Waals surface area (Å²) in [6.45, 7) is 7.77. The summed E-state index contributed by atoms with van der Waals surface area (Å²) in [5, 5.41) is 2.88. The third-order valence-electron chi connectivity index (χ3n) is 6.07. The van der Waals surface area contributed by atoms with Gasteiger partial charge in [0.2, 0.25) is 21.8 Å². The van der Waals surface area contributed by atoms with Crippen LogP contribution in [0.25, 0.3) is 0 Å². The molecule has 0 saturated carbocycles. The highest BCUT2D eigenvalue weighted by molar-refractivity contribution is 7.92. The average Bonchev–Trinajstić information content (AvgIpc) is 2.89. The summed E-state index contributed by atoms with van der Waals surface area (Å²) in [5.41, 5.74) is 2.19. The molecule has 0 bridgehead atoms. The lowest BCUT2D eigenvalue weighted by Crippen LogP contribution is -2.51. The van der Waals surface area contributed by atoms with Crippen molar-refractivity contribution in [1.29, 1.82) is 0 Å². The van der Waals surface area contributed by atoms with Gasteiger partial charge in [-0.25, -0.2) is 8.42 Å². The Kier molecular flexibility index (Phi) is 10.1. The van der Waals surface area contributed by atoms with Crippen LogP contribution < -0.4 is 14.4 Å². The quantitative estimate of drug-likeness (QED) is 0.351. The molecule has 3 aromatic carbocycles. The Bertz CT molecular complexity index is 1360. The number of sulfonamides is 1. The summed E-state index contributed by atoms with van der Waals surface area (Å²) < 4.78 is 32.4. The number of nitrogens with zero attached hydrogens (tertiary/aromatic N) is 2. The molecule has 1 atom stereocenters. The molecular formula is C30H37N3O5S. The van der Waals surface area contributed by atoms with Gasteiger partial charge in [0, 0.05) is 13.1 Å². The number of benzene rings is 3. The van der Waals surface area contributed by atoms with Crippen molar-refractivity contribution < 1.29 is 22.7 Å². The van der Waals surface area contributed by atoms with Crippen LogP contribution in [0, 0.1) is 12.8 Å². The van der Waals surface area contributed by atoms with E-state index in [4.69, 9.17) is 4.74 Å². The van der Waals surface area contributed by atoms with E-state index in [9.17, 15) is 18.0 Å². The summed E-state index contributed by atoms with van der Waals surface area (Å²) in [6, 6.07) is 22.6. The highest BCUT2D eigenvalue weighted by Gasteiger charge is 2.30. The molecule has 0 aromatic heterocycles.